The van der Waals surface area contributed by atoms with E-state index in [1.54, 1.807) is 4.90 Å². The van der Waals surface area contributed by atoms with Crippen LogP contribution in [0.15, 0.2) is 53.3 Å². The first-order chi connectivity index (χ1) is 14.3. The first-order valence-electron chi connectivity index (χ1n) is 10.2. The summed E-state index contributed by atoms with van der Waals surface area (Å²) in [6, 6.07) is 5.12. The van der Waals surface area contributed by atoms with E-state index in [0.29, 0.717) is 36.5 Å². The third-order valence-electron chi connectivity index (χ3n) is 5.62. The zero-order valence-corrected chi connectivity index (χ0v) is 18.5. The van der Waals surface area contributed by atoms with Crippen LogP contribution in [0, 0.1) is 12.3 Å². The molecule has 1 unspecified atom stereocenters. The number of hydrogen-bond donors (Lipinski definition) is 2. The second-order valence-electron chi connectivity index (χ2n) is 8.78. The molecule has 0 spiro atoms. The number of allylic oxidation sites excluding steroid dienone is 1. The van der Waals surface area contributed by atoms with E-state index in [9.17, 15) is 14.7 Å². The number of hydrogen-bond acceptors (Lipinski definition) is 4. The lowest BCUT2D eigenvalue weighted by atomic mass is 9.73. The summed E-state index contributed by atoms with van der Waals surface area (Å²) in [6.45, 7) is 6.78. The Labute approximate surface area is 183 Å². The van der Waals surface area contributed by atoms with Gasteiger partial charge in [-0.3, -0.25) is 9.59 Å². The number of nitrogens with one attached hydrogen (secondary N) is 1. The predicted molar refractivity (Wildman–Crippen MR) is 119 cm³/mol. The molecule has 1 aliphatic carbocycles. The standard InChI is InChI=1S/C24H29ClN2O3/c1-16-6-7-18(19(25)11-16)23-22-20(12-24(2,3)13-21(22)30)26-9-8-17(14-28)5-4-10-27(23)15-29/h4-8,11,15,23,26,28H,9-10,12-14H2,1-3H3/b5-4-,17-8+. The molecule has 5 nitrogen and oxygen atoms in total. The van der Waals surface area contributed by atoms with Gasteiger partial charge in [0.2, 0.25) is 6.41 Å². The molecule has 0 aromatic heterocycles. The molecule has 0 saturated carbocycles. The average molecular weight is 429 g/mol. The lowest BCUT2D eigenvalue weighted by Crippen LogP contribution is -2.39. The monoisotopic (exact) mass is 428 g/mol. The zero-order chi connectivity index (χ0) is 21.9. The Bertz CT molecular complexity index is 930. The lowest BCUT2D eigenvalue weighted by molar-refractivity contribution is -0.121. The van der Waals surface area contributed by atoms with Gasteiger partial charge in [-0.1, -0.05) is 55.8 Å². The third kappa shape index (κ3) is 4.85. The summed E-state index contributed by atoms with van der Waals surface area (Å²) >= 11 is 6.61. The molecule has 1 aliphatic heterocycles. The van der Waals surface area contributed by atoms with Gasteiger partial charge in [-0.05, 0) is 41.5 Å². The van der Waals surface area contributed by atoms with Crippen LogP contribution < -0.4 is 5.32 Å². The van der Waals surface area contributed by atoms with Crippen molar-refractivity contribution in [3.63, 3.8) is 0 Å². The van der Waals surface area contributed by atoms with Crippen molar-refractivity contribution in [2.45, 2.75) is 39.7 Å². The molecule has 0 fully saturated rings. The number of nitrogens with zero attached hydrogens (tertiary/aromatic N) is 1. The van der Waals surface area contributed by atoms with Gasteiger partial charge in [-0.15, -0.1) is 0 Å². The van der Waals surface area contributed by atoms with Crippen molar-refractivity contribution >= 4 is 23.8 Å². The molecule has 0 bridgehead atoms. The Hall–Kier alpha value is -2.37. The number of carbonyl (C=O) groups excluding carboxylic acids is 2. The molecular formula is C24H29ClN2O3. The summed E-state index contributed by atoms with van der Waals surface area (Å²) in [4.78, 5) is 27.1. The van der Waals surface area contributed by atoms with E-state index in [4.69, 9.17) is 11.6 Å². The number of halogens is 1. The highest BCUT2D eigenvalue weighted by Gasteiger charge is 2.39. The van der Waals surface area contributed by atoms with Gasteiger partial charge in [0.1, 0.15) is 0 Å². The number of aliphatic hydroxyl groups excluding tert-OH is 1. The molecule has 2 aliphatic rings. The van der Waals surface area contributed by atoms with Crippen molar-refractivity contribution in [2.24, 2.45) is 5.41 Å². The summed E-state index contributed by atoms with van der Waals surface area (Å²) in [5.74, 6) is 0.0248. The summed E-state index contributed by atoms with van der Waals surface area (Å²) in [5, 5.41) is 13.5. The minimum atomic E-state index is -0.581. The van der Waals surface area contributed by atoms with Crippen LogP contribution in [0.4, 0.5) is 0 Å². The number of amides is 1. The van der Waals surface area contributed by atoms with Crippen molar-refractivity contribution in [2.75, 3.05) is 19.7 Å². The maximum atomic E-state index is 13.4. The second-order valence-corrected chi connectivity index (χ2v) is 9.19. The van der Waals surface area contributed by atoms with Crippen molar-refractivity contribution in [3.8, 4) is 0 Å². The minimum Gasteiger partial charge on any atom is -0.392 e. The quantitative estimate of drug-likeness (QED) is 0.717. The lowest BCUT2D eigenvalue weighted by Gasteiger charge is -2.38. The number of aliphatic hydroxyl groups is 1. The molecular weight excluding hydrogens is 400 g/mol. The number of aryl methyl sites for hydroxylation is 1. The molecule has 6 heteroatoms. The Morgan fingerprint density at radius 1 is 1.33 bits per heavy atom. The molecule has 1 atom stereocenters. The molecule has 3 rings (SSSR count). The normalized spacial score (nSPS) is 24.8. The first-order valence-corrected chi connectivity index (χ1v) is 10.6. The Morgan fingerprint density at radius 3 is 2.77 bits per heavy atom. The van der Waals surface area contributed by atoms with Gasteiger partial charge in [-0.2, -0.15) is 0 Å². The SMILES string of the molecule is Cc1ccc(C2C3=C(CC(C)(C)CC3=O)NC/C=C(CO)\C=C/CN2C=O)c(Cl)c1. The number of benzene rings is 1. The maximum Gasteiger partial charge on any atom is 0.210 e. The van der Waals surface area contributed by atoms with E-state index in [0.717, 1.165) is 28.8 Å². The van der Waals surface area contributed by atoms with Gasteiger partial charge in [0.15, 0.2) is 5.78 Å². The van der Waals surface area contributed by atoms with Crippen LogP contribution >= 0.6 is 11.6 Å². The zero-order valence-electron chi connectivity index (χ0n) is 17.7. The number of Topliss-reactive ketones (excluding diaryl/α,β-unsaturated/α-hetero) is 1. The van der Waals surface area contributed by atoms with E-state index < -0.39 is 6.04 Å². The molecule has 1 heterocycles. The highest BCUT2D eigenvalue weighted by molar-refractivity contribution is 6.31. The highest BCUT2D eigenvalue weighted by atomic mass is 35.5. The summed E-state index contributed by atoms with van der Waals surface area (Å²) in [5.41, 5.74) is 3.75. The van der Waals surface area contributed by atoms with E-state index in [1.165, 1.54) is 0 Å². The third-order valence-corrected chi connectivity index (χ3v) is 5.95. The van der Waals surface area contributed by atoms with Gasteiger partial charge in [0, 0.05) is 35.8 Å². The van der Waals surface area contributed by atoms with Crippen LogP contribution in [0.1, 0.15) is 43.9 Å². The second kappa shape index (κ2) is 9.19. The Morgan fingerprint density at radius 2 is 2.10 bits per heavy atom. The predicted octanol–water partition coefficient (Wildman–Crippen LogP) is 3.87. The van der Waals surface area contributed by atoms with Crippen LogP contribution in [0.5, 0.6) is 0 Å². The van der Waals surface area contributed by atoms with Gasteiger partial charge >= 0.3 is 0 Å². The van der Waals surface area contributed by atoms with Crippen molar-refractivity contribution in [1.29, 1.82) is 0 Å². The van der Waals surface area contributed by atoms with Crippen LogP contribution in [-0.4, -0.2) is 41.9 Å². The minimum absolute atomic E-state index is 0.0248. The summed E-state index contributed by atoms with van der Waals surface area (Å²) < 4.78 is 0. The maximum absolute atomic E-state index is 13.4. The Balaban J connectivity index is 2.22. The fourth-order valence-corrected chi connectivity index (χ4v) is 4.53. The smallest absolute Gasteiger partial charge is 0.210 e. The van der Waals surface area contributed by atoms with E-state index in [2.05, 4.69) is 19.2 Å². The topological polar surface area (TPSA) is 69.6 Å². The van der Waals surface area contributed by atoms with Gasteiger partial charge in [-0.25, -0.2) is 0 Å². The number of carbonyl (C=O) groups is 2. The molecule has 2 N–H and O–H groups in total. The van der Waals surface area contributed by atoms with E-state index in [1.807, 2.05) is 43.4 Å². The van der Waals surface area contributed by atoms with Gasteiger partial charge in [0.25, 0.3) is 0 Å². The molecule has 1 amide bonds. The van der Waals surface area contributed by atoms with Gasteiger partial charge in [0.05, 0.1) is 12.6 Å². The molecule has 0 saturated heterocycles. The van der Waals surface area contributed by atoms with E-state index >= 15 is 0 Å². The summed E-state index contributed by atoms with van der Waals surface area (Å²) in [7, 11) is 0. The van der Waals surface area contributed by atoms with Crippen molar-refractivity contribution in [3.05, 3.63) is 69.4 Å². The fourth-order valence-electron chi connectivity index (χ4n) is 4.19. The molecule has 1 aromatic rings. The van der Waals surface area contributed by atoms with E-state index in [-0.39, 0.29) is 17.8 Å². The van der Waals surface area contributed by atoms with Crippen LogP contribution in [0.3, 0.4) is 0 Å². The fraction of sp³-hybridized carbons (Fsp3) is 0.417. The average Bonchev–Trinajstić information content (AvgIpc) is 2.69. The summed E-state index contributed by atoms with van der Waals surface area (Å²) in [6.07, 6.45) is 7.40. The van der Waals surface area contributed by atoms with Crippen molar-refractivity contribution < 1.29 is 14.7 Å². The van der Waals surface area contributed by atoms with Crippen LogP contribution in [0.2, 0.25) is 5.02 Å². The molecule has 1 aromatic carbocycles. The molecule has 30 heavy (non-hydrogen) atoms. The first kappa shape index (κ1) is 22.3. The number of rotatable bonds is 3. The highest BCUT2D eigenvalue weighted by Crippen LogP contribution is 2.43. The molecule has 0 radical (unpaired) electrons. The van der Waals surface area contributed by atoms with Crippen molar-refractivity contribution in [1.82, 2.24) is 10.2 Å². The van der Waals surface area contributed by atoms with Crippen LogP contribution in [-0.2, 0) is 9.59 Å². The molecule has 160 valence electrons. The largest absolute Gasteiger partial charge is 0.392 e. The Kier molecular flexibility index (Phi) is 6.84. The van der Waals surface area contributed by atoms with Gasteiger partial charge < -0.3 is 15.3 Å². The number of ketones is 1. The van der Waals surface area contributed by atoms with Crippen LogP contribution in [0.25, 0.3) is 0 Å².